The van der Waals surface area contributed by atoms with Crippen LogP contribution in [0.25, 0.3) is 0 Å². The summed E-state index contributed by atoms with van der Waals surface area (Å²) in [5.41, 5.74) is 0.264. The number of aromatic hydroxyl groups is 1. The van der Waals surface area contributed by atoms with Crippen LogP contribution in [0.4, 0.5) is 10.2 Å². The zero-order valence-electron chi connectivity index (χ0n) is 15.2. The molecule has 0 spiro atoms. The van der Waals surface area contributed by atoms with Crippen LogP contribution in [-0.4, -0.2) is 40.0 Å². The van der Waals surface area contributed by atoms with Gasteiger partial charge in [-0.05, 0) is 31.0 Å². The number of halogens is 2. The van der Waals surface area contributed by atoms with Crippen LogP contribution in [0, 0.1) is 5.82 Å². The lowest BCUT2D eigenvalue weighted by molar-refractivity contribution is -0.119. The minimum atomic E-state index is -0.765. The summed E-state index contributed by atoms with van der Waals surface area (Å²) in [6, 6.07) is 3.44. The highest BCUT2D eigenvalue weighted by molar-refractivity contribution is 6.30. The minimum Gasteiger partial charge on any atom is -0.502 e. The Kier molecular flexibility index (Phi) is 4.19. The molecule has 1 unspecified atom stereocenters. The van der Waals surface area contributed by atoms with E-state index < -0.39 is 29.1 Å². The summed E-state index contributed by atoms with van der Waals surface area (Å²) >= 11 is 5.80. The topological polar surface area (TPSA) is 82.9 Å². The second-order valence-electron chi connectivity index (χ2n) is 7.00. The number of hydrogen-bond donors (Lipinski definition) is 1. The van der Waals surface area contributed by atoms with E-state index in [0.29, 0.717) is 29.9 Å². The van der Waals surface area contributed by atoms with Gasteiger partial charge in [-0.25, -0.2) is 4.39 Å². The maximum Gasteiger partial charge on any atom is 0.295 e. The van der Waals surface area contributed by atoms with E-state index in [9.17, 15) is 23.9 Å². The fraction of sp³-hybridized carbons (Fsp3) is 0.316. The predicted molar refractivity (Wildman–Crippen MR) is 100 cm³/mol. The number of carbonyl (C=O) groups excluding carboxylic acids is 2. The van der Waals surface area contributed by atoms with Gasteiger partial charge in [0.25, 0.3) is 17.4 Å². The van der Waals surface area contributed by atoms with Crippen LogP contribution in [0.5, 0.6) is 5.75 Å². The Morgan fingerprint density at radius 3 is 2.68 bits per heavy atom. The van der Waals surface area contributed by atoms with Crippen molar-refractivity contribution in [3.05, 3.63) is 56.1 Å². The lowest BCUT2D eigenvalue weighted by atomic mass is 9.98. The molecule has 1 N–H and O–H groups in total. The molecule has 4 rings (SSSR count). The van der Waals surface area contributed by atoms with Crippen molar-refractivity contribution in [1.82, 2.24) is 9.47 Å². The second kappa shape index (κ2) is 6.34. The molecule has 2 amide bonds. The molecular formula is C19H17ClFN3O4. The van der Waals surface area contributed by atoms with Crippen LogP contribution < -0.4 is 10.5 Å². The molecule has 0 bridgehead atoms. The van der Waals surface area contributed by atoms with Crippen LogP contribution in [0.15, 0.2) is 23.0 Å². The number of likely N-dealkylation sites (N-methyl/N-ethyl adjacent to an activating group) is 1. The SMILES string of the molecule is CC1C(=O)N(C)c2c3c(c(O)c(=O)n21)C(=O)N(Cc1ccc(F)c(Cl)c1)CC3. The number of benzene rings is 1. The number of nitrogens with zero attached hydrogens (tertiary/aromatic N) is 3. The molecule has 0 fully saturated rings. The van der Waals surface area contributed by atoms with E-state index in [1.165, 1.54) is 32.6 Å². The molecule has 146 valence electrons. The summed E-state index contributed by atoms with van der Waals surface area (Å²) in [6.45, 7) is 2.06. The first-order valence-corrected chi connectivity index (χ1v) is 9.11. The molecule has 0 aliphatic carbocycles. The van der Waals surface area contributed by atoms with Crippen molar-refractivity contribution in [3.63, 3.8) is 0 Å². The van der Waals surface area contributed by atoms with E-state index in [0.717, 1.165) is 0 Å². The molecule has 1 atom stereocenters. The Labute approximate surface area is 164 Å². The lowest BCUT2D eigenvalue weighted by Gasteiger charge is -2.31. The van der Waals surface area contributed by atoms with Gasteiger partial charge in [-0.15, -0.1) is 0 Å². The molecule has 28 heavy (non-hydrogen) atoms. The average Bonchev–Trinajstić information content (AvgIpc) is 2.89. The highest BCUT2D eigenvalue weighted by atomic mass is 35.5. The molecular weight excluding hydrogens is 389 g/mol. The Bertz CT molecular complexity index is 1100. The van der Waals surface area contributed by atoms with E-state index in [-0.39, 0.29) is 23.0 Å². The van der Waals surface area contributed by atoms with Crippen molar-refractivity contribution in [2.75, 3.05) is 18.5 Å². The normalized spacial score (nSPS) is 18.5. The van der Waals surface area contributed by atoms with Gasteiger partial charge in [-0.3, -0.25) is 23.9 Å². The van der Waals surface area contributed by atoms with Gasteiger partial charge in [-0.1, -0.05) is 17.7 Å². The Morgan fingerprint density at radius 1 is 1.29 bits per heavy atom. The molecule has 0 saturated heterocycles. The second-order valence-corrected chi connectivity index (χ2v) is 7.41. The first-order valence-electron chi connectivity index (χ1n) is 8.73. The van der Waals surface area contributed by atoms with E-state index >= 15 is 0 Å². The standard InChI is InChI=1S/C19H17ClFN3O4/c1-9-17(26)22(2)16-11-5-6-23(8-10-3-4-13(21)12(20)7-10)18(27)14(11)15(25)19(28)24(9)16/h3-4,7,9,25H,5-6,8H2,1-2H3. The molecule has 1 aromatic heterocycles. The zero-order chi connectivity index (χ0) is 20.3. The zero-order valence-corrected chi connectivity index (χ0v) is 16.0. The molecule has 9 heteroatoms. The first-order chi connectivity index (χ1) is 13.2. The number of pyridine rings is 1. The van der Waals surface area contributed by atoms with Crippen LogP contribution in [0.3, 0.4) is 0 Å². The van der Waals surface area contributed by atoms with Crippen molar-refractivity contribution in [1.29, 1.82) is 0 Å². The van der Waals surface area contributed by atoms with Gasteiger partial charge in [0.15, 0.2) is 5.75 Å². The quantitative estimate of drug-likeness (QED) is 0.829. The minimum absolute atomic E-state index is 0.0459. The van der Waals surface area contributed by atoms with Crippen molar-refractivity contribution in [2.24, 2.45) is 0 Å². The molecule has 2 aromatic rings. The maximum atomic E-state index is 13.4. The molecule has 1 aromatic carbocycles. The van der Waals surface area contributed by atoms with Gasteiger partial charge >= 0.3 is 0 Å². The average molecular weight is 406 g/mol. The number of carbonyl (C=O) groups is 2. The van der Waals surface area contributed by atoms with Gasteiger partial charge in [0.05, 0.1) is 10.6 Å². The van der Waals surface area contributed by atoms with Gasteiger partial charge in [0.1, 0.15) is 17.7 Å². The van der Waals surface area contributed by atoms with Crippen LogP contribution >= 0.6 is 11.6 Å². The smallest absolute Gasteiger partial charge is 0.295 e. The van der Waals surface area contributed by atoms with Crippen molar-refractivity contribution in [3.8, 4) is 5.75 Å². The maximum absolute atomic E-state index is 13.4. The Balaban J connectivity index is 1.77. The van der Waals surface area contributed by atoms with E-state index in [2.05, 4.69) is 0 Å². The van der Waals surface area contributed by atoms with Crippen LogP contribution in [0.2, 0.25) is 5.02 Å². The van der Waals surface area contributed by atoms with Gasteiger partial charge in [0, 0.05) is 25.7 Å². The van der Waals surface area contributed by atoms with E-state index in [4.69, 9.17) is 11.6 Å². The van der Waals surface area contributed by atoms with E-state index in [1.807, 2.05) is 0 Å². The highest BCUT2D eigenvalue weighted by Crippen LogP contribution is 2.38. The molecule has 0 saturated carbocycles. The third kappa shape index (κ3) is 2.51. The monoisotopic (exact) mass is 405 g/mol. The Hall–Kier alpha value is -2.87. The number of amides is 2. The molecule has 2 aliphatic heterocycles. The molecule has 3 heterocycles. The summed E-state index contributed by atoms with van der Waals surface area (Å²) in [5.74, 6) is -1.64. The lowest BCUT2D eigenvalue weighted by Crippen LogP contribution is -2.39. The first kappa shape index (κ1) is 18.5. The van der Waals surface area contributed by atoms with Crippen molar-refractivity contribution >= 4 is 29.2 Å². The van der Waals surface area contributed by atoms with Crippen LogP contribution in [0.1, 0.15) is 34.5 Å². The van der Waals surface area contributed by atoms with Crippen LogP contribution in [-0.2, 0) is 17.8 Å². The largest absolute Gasteiger partial charge is 0.502 e. The van der Waals surface area contributed by atoms with Crippen molar-refractivity contribution in [2.45, 2.75) is 25.9 Å². The fourth-order valence-corrected chi connectivity index (χ4v) is 4.12. The highest BCUT2D eigenvalue weighted by Gasteiger charge is 2.41. The molecule has 7 nitrogen and oxygen atoms in total. The van der Waals surface area contributed by atoms with Crippen molar-refractivity contribution < 1.29 is 19.1 Å². The number of aromatic nitrogens is 1. The van der Waals surface area contributed by atoms with Gasteiger partial charge < -0.3 is 10.0 Å². The number of anilines is 1. The molecule has 0 radical (unpaired) electrons. The van der Waals surface area contributed by atoms with E-state index in [1.54, 1.807) is 14.0 Å². The molecule has 2 aliphatic rings. The summed E-state index contributed by atoms with van der Waals surface area (Å²) in [4.78, 5) is 40.8. The number of rotatable bonds is 2. The number of fused-ring (bicyclic) bond motifs is 3. The summed E-state index contributed by atoms with van der Waals surface area (Å²) in [5, 5.41) is 10.4. The summed E-state index contributed by atoms with van der Waals surface area (Å²) in [6.07, 6.45) is 0.365. The third-order valence-corrected chi connectivity index (χ3v) is 5.63. The predicted octanol–water partition coefficient (Wildman–Crippen LogP) is 2.08. The summed E-state index contributed by atoms with van der Waals surface area (Å²) in [7, 11) is 1.55. The van der Waals surface area contributed by atoms with Gasteiger partial charge in [0.2, 0.25) is 0 Å². The Morgan fingerprint density at radius 2 is 2.00 bits per heavy atom. The van der Waals surface area contributed by atoms with Gasteiger partial charge in [-0.2, -0.15) is 0 Å². The fourth-order valence-electron chi connectivity index (χ4n) is 3.92. The summed E-state index contributed by atoms with van der Waals surface area (Å²) < 4.78 is 14.6. The third-order valence-electron chi connectivity index (χ3n) is 5.34. The number of hydrogen-bond acceptors (Lipinski definition) is 4.